The van der Waals surface area contributed by atoms with E-state index in [0.29, 0.717) is 6.04 Å². The lowest BCUT2D eigenvalue weighted by atomic mass is 10.2. The molecular weight excluding hydrogens is 194 g/mol. The molecule has 2 nitrogen and oxygen atoms in total. The van der Waals surface area contributed by atoms with Crippen molar-refractivity contribution in [1.82, 2.24) is 4.90 Å². The van der Waals surface area contributed by atoms with E-state index in [9.17, 15) is 0 Å². The highest BCUT2D eigenvalue weighted by atomic mass is 32.1. The van der Waals surface area contributed by atoms with Gasteiger partial charge in [-0.25, -0.2) is 0 Å². The van der Waals surface area contributed by atoms with E-state index < -0.39 is 0 Å². The number of nitrogens with zero attached hydrogens (tertiary/aromatic N) is 1. The first-order valence-corrected chi connectivity index (χ1v) is 5.88. The molecule has 0 aliphatic heterocycles. The molecule has 1 atom stereocenters. The molecule has 84 valence electrons. The summed E-state index contributed by atoms with van der Waals surface area (Å²) >= 11 is 4.14. The number of ether oxygens (including phenoxy) is 1. The molecule has 0 heterocycles. The van der Waals surface area contributed by atoms with E-state index >= 15 is 0 Å². The maximum Gasteiger partial charge on any atom is 0.0589 e. The largest absolute Gasteiger partial charge is 0.383 e. The quantitative estimate of drug-likeness (QED) is 0.494. The van der Waals surface area contributed by atoms with Crippen LogP contribution in [0.25, 0.3) is 0 Å². The van der Waals surface area contributed by atoms with Gasteiger partial charge in [0.1, 0.15) is 0 Å². The summed E-state index contributed by atoms with van der Waals surface area (Å²) in [5, 5.41) is 0. The van der Waals surface area contributed by atoms with Gasteiger partial charge in [0.15, 0.2) is 0 Å². The average molecular weight is 217 g/mol. The van der Waals surface area contributed by atoms with Crippen molar-refractivity contribution in [3.8, 4) is 0 Å². The van der Waals surface area contributed by atoms with Gasteiger partial charge >= 0.3 is 0 Å². The Labute approximate surface area is 93.7 Å². The van der Waals surface area contributed by atoms with Crippen LogP contribution in [0.4, 0.5) is 0 Å². The van der Waals surface area contributed by atoms with E-state index in [4.69, 9.17) is 4.74 Å². The van der Waals surface area contributed by atoms with E-state index in [0.717, 1.165) is 25.4 Å². The summed E-state index contributed by atoms with van der Waals surface area (Å²) in [6.07, 6.45) is 5.44. The number of hydrogen-bond donors (Lipinski definition) is 1. The zero-order valence-electron chi connectivity index (χ0n) is 9.57. The van der Waals surface area contributed by atoms with Gasteiger partial charge in [0, 0.05) is 32.0 Å². The zero-order chi connectivity index (χ0) is 10.8. The van der Waals surface area contributed by atoms with E-state index in [1.54, 1.807) is 7.11 Å². The van der Waals surface area contributed by atoms with Crippen LogP contribution in [0.3, 0.4) is 0 Å². The monoisotopic (exact) mass is 217 g/mol. The van der Waals surface area contributed by atoms with Crippen molar-refractivity contribution in [2.45, 2.75) is 26.3 Å². The molecule has 0 bridgehead atoms. The molecule has 3 heteroatoms. The summed E-state index contributed by atoms with van der Waals surface area (Å²) in [6, 6.07) is 0.620. The Morgan fingerprint density at radius 1 is 1.43 bits per heavy atom. The summed E-state index contributed by atoms with van der Waals surface area (Å²) in [5.41, 5.74) is 0. The van der Waals surface area contributed by atoms with E-state index in [1.807, 2.05) is 0 Å². The number of thiol groups is 1. The summed E-state index contributed by atoms with van der Waals surface area (Å²) < 4.78 is 5.09. The molecular formula is C11H23NOS. The molecule has 1 unspecified atom stereocenters. The third-order valence-electron chi connectivity index (χ3n) is 2.41. The first kappa shape index (κ1) is 14.0. The Balaban J connectivity index is 3.89. The van der Waals surface area contributed by atoms with E-state index in [-0.39, 0.29) is 0 Å². The van der Waals surface area contributed by atoms with Gasteiger partial charge in [-0.1, -0.05) is 19.1 Å². The van der Waals surface area contributed by atoms with Crippen LogP contribution in [-0.2, 0) is 4.74 Å². The van der Waals surface area contributed by atoms with Crippen molar-refractivity contribution < 1.29 is 4.74 Å². The molecule has 0 rings (SSSR count). The second-order valence-corrected chi connectivity index (χ2v) is 3.76. The zero-order valence-corrected chi connectivity index (χ0v) is 10.5. The Morgan fingerprint density at radius 2 is 2.14 bits per heavy atom. The van der Waals surface area contributed by atoms with Gasteiger partial charge < -0.3 is 4.74 Å². The third kappa shape index (κ3) is 6.46. The molecule has 0 aromatic heterocycles. The van der Waals surface area contributed by atoms with Crippen molar-refractivity contribution in [2.75, 3.05) is 32.6 Å². The SMILES string of the molecule is CCC(C)N(CC=CCS)CCOC. The van der Waals surface area contributed by atoms with Crippen molar-refractivity contribution in [3.63, 3.8) is 0 Å². The fourth-order valence-corrected chi connectivity index (χ4v) is 1.39. The molecule has 14 heavy (non-hydrogen) atoms. The third-order valence-corrected chi connectivity index (χ3v) is 2.62. The van der Waals surface area contributed by atoms with E-state index in [2.05, 4.69) is 43.5 Å². The smallest absolute Gasteiger partial charge is 0.0589 e. The lowest BCUT2D eigenvalue weighted by molar-refractivity contribution is 0.132. The Bertz CT molecular complexity index is 150. The molecule has 0 radical (unpaired) electrons. The molecule has 0 N–H and O–H groups in total. The lowest BCUT2D eigenvalue weighted by Gasteiger charge is -2.26. The maximum absolute atomic E-state index is 5.09. The van der Waals surface area contributed by atoms with Crippen molar-refractivity contribution in [3.05, 3.63) is 12.2 Å². The molecule has 0 aromatic carbocycles. The number of rotatable bonds is 8. The highest BCUT2D eigenvalue weighted by Crippen LogP contribution is 2.03. The van der Waals surface area contributed by atoms with Crippen LogP contribution in [0.5, 0.6) is 0 Å². The predicted molar refractivity (Wildman–Crippen MR) is 66.2 cm³/mol. The summed E-state index contributed by atoms with van der Waals surface area (Å²) in [4.78, 5) is 2.42. The van der Waals surface area contributed by atoms with E-state index in [1.165, 1.54) is 6.42 Å². The summed E-state index contributed by atoms with van der Waals surface area (Å²) in [5.74, 6) is 0.818. The predicted octanol–water partition coefficient (Wildman–Crippen LogP) is 2.22. The fourth-order valence-electron chi connectivity index (χ4n) is 1.24. The molecule has 0 aromatic rings. The number of methoxy groups -OCH3 is 1. The van der Waals surface area contributed by atoms with Gasteiger partial charge in [-0.2, -0.15) is 12.6 Å². The minimum absolute atomic E-state index is 0.620. The Kier molecular flexibility index (Phi) is 9.57. The van der Waals surface area contributed by atoms with Gasteiger partial charge in [-0.15, -0.1) is 0 Å². The molecule has 0 aliphatic rings. The molecule has 0 fully saturated rings. The van der Waals surface area contributed by atoms with Gasteiger partial charge in [0.2, 0.25) is 0 Å². The highest BCUT2D eigenvalue weighted by molar-refractivity contribution is 7.80. The molecule has 0 amide bonds. The van der Waals surface area contributed by atoms with Gasteiger partial charge in [-0.3, -0.25) is 4.90 Å². The topological polar surface area (TPSA) is 12.5 Å². The second-order valence-electron chi connectivity index (χ2n) is 3.40. The highest BCUT2D eigenvalue weighted by Gasteiger charge is 2.09. The average Bonchev–Trinajstić information content (AvgIpc) is 2.22. The second kappa shape index (κ2) is 9.56. The van der Waals surface area contributed by atoms with Crippen molar-refractivity contribution >= 4 is 12.6 Å². The van der Waals surface area contributed by atoms with Crippen LogP contribution in [0, 0.1) is 0 Å². The Morgan fingerprint density at radius 3 is 2.64 bits per heavy atom. The van der Waals surface area contributed by atoms with Crippen LogP contribution in [-0.4, -0.2) is 43.5 Å². The first-order chi connectivity index (χ1) is 6.76. The lowest BCUT2D eigenvalue weighted by Crippen LogP contribution is -2.35. The molecule has 0 aliphatic carbocycles. The molecule has 0 spiro atoms. The van der Waals surface area contributed by atoms with Crippen LogP contribution in [0.1, 0.15) is 20.3 Å². The van der Waals surface area contributed by atoms with Crippen LogP contribution >= 0.6 is 12.6 Å². The fraction of sp³-hybridized carbons (Fsp3) is 0.818. The van der Waals surface area contributed by atoms with Crippen molar-refractivity contribution in [2.24, 2.45) is 0 Å². The Hall–Kier alpha value is 0.01000. The standard InChI is InChI=1S/C11H23NOS/c1-4-11(2)12(8-9-13-3)7-5-6-10-14/h5-6,11,14H,4,7-10H2,1-3H3. The summed E-state index contributed by atoms with van der Waals surface area (Å²) in [7, 11) is 1.75. The van der Waals surface area contributed by atoms with Crippen LogP contribution in [0.2, 0.25) is 0 Å². The minimum Gasteiger partial charge on any atom is -0.383 e. The van der Waals surface area contributed by atoms with Gasteiger partial charge in [-0.05, 0) is 13.3 Å². The first-order valence-electron chi connectivity index (χ1n) is 5.25. The maximum atomic E-state index is 5.09. The van der Waals surface area contributed by atoms with Crippen LogP contribution in [0.15, 0.2) is 12.2 Å². The van der Waals surface area contributed by atoms with Crippen LogP contribution < -0.4 is 0 Å². The number of hydrogen-bond acceptors (Lipinski definition) is 3. The normalized spacial score (nSPS) is 14.1. The van der Waals surface area contributed by atoms with Crippen molar-refractivity contribution in [1.29, 1.82) is 0 Å². The minimum atomic E-state index is 0.620. The molecule has 0 saturated heterocycles. The summed E-state index contributed by atoms with van der Waals surface area (Å²) in [6.45, 7) is 7.28. The van der Waals surface area contributed by atoms with Gasteiger partial charge in [0.25, 0.3) is 0 Å². The van der Waals surface area contributed by atoms with Gasteiger partial charge in [0.05, 0.1) is 6.61 Å². The molecule has 0 saturated carbocycles.